The minimum absolute atomic E-state index is 0.0772. The van der Waals surface area contributed by atoms with Gasteiger partial charge in [0, 0.05) is 5.02 Å². The molecule has 1 N–H and O–H groups in total. The van der Waals surface area contributed by atoms with Gasteiger partial charge in [-0.3, -0.25) is 9.10 Å². The molecule has 0 fully saturated rings. The van der Waals surface area contributed by atoms with Crippen molar-refractivity contribution in [1.82, 2.24) is 5.32 Å². The Labute approximate surface area is 191 Å². The number of ether oxygens (including phenoxy) is 2. The van der Waals surface area contributed by atoms with E-state index < -0.39 is 22.5 Å². The SMILES string of the molecule is O=C(CN(c1cccc(Cl)c1)S(=O)(=O)c1ccccc1)NCC1COc2ccccc2O1. The van der Waals surface area contributed by atoms with Gasteiger partial charge in [0.2, 0.25) is 5.91 Å². The van der Waals surface area contributed by atoms with Crippen LogP contribution in [-0.4, -0.2) is 40.1 Å². The summed E-state index contributed by atoms with van der Waals surface area (Å²) in [6.45, 7) is 0.0291. The summed E-state index contributed by atoms with van der Waals surface area (Å²) in [6.07, 6.45) is -0.390. The van der Waals surface area contributed by atoms with Gasteiger partial charge in [-0.2, -0.15) is 0 Å². The van der Waals surface area contributed by atoms with Gasteiger partial charge in [0.25, 0.3) is 10.0 Å². The minimum atomic E-state index is -3.99. The number of benzene rings is 3. The van der Waals surface area contributed by atoms with Crippen molar-refractivity contribution in [2.24, 2.45) is 0 Å². The second kappa shape index (κ2) is 9.50. The first-order valence-electron chi connectivity index (χ1n) is 9.92. The number of hydrogen-bond acceptors (Lipinski definition) is 5. The second-order valence-electron chi connectivity index (χ2n) is 7.11. The molecule has 0 saturated carbocycles. The standard InChI is InChI=1S/C23H21ClN2O5S/c24-17-7-6-8-18(13-17)26(32(28,29)20-9-2-1-3-10-20)15-23(27)25-14-19-16-30-21-11-4-5-12-22(21)31-19/h1-13,19H,14-16H2,(H,25,27). The van der Waals surface area contributed by atoms with Crippen molar-refractivity contribution in [2.75, 3.05) is 24.0 Å². The van der Waals surface area contributed by atoms with Crippen LogP contribution in [0.1, 0.15) is 0 Å². The van der Waals surface area contributed by atoms with E-state index >= 15 is 0 Å². The van der Waals surface area contributed by atoms with Crippen molar-refractivity contribution in [1.29, 1.82) is 0 Å². The van der Waals surface area contributed by atoms with Gasteiger partial charge in [-0.15, -0.1) is 0 Å². The average Bonchev–Trinajstić information content (AvgIpc) is 2.81. The van der Waals surface area contributed by atoms with Crippen molar-refractivity contribution in [2.45, 2.75) is 11.0 Å². The Morgan fingerprint density at radius 1 is 1.00 bits per heavy atom. The van der Waals surface area contributed by atoms with E-state index in [1.165, 1.54) is 18.2 Å². The summed E-state index contributed by atoms with van der Waals surface area (Å²) in [5.74, 6) is 0.772. The Hall–Kier alpha value is -3.23. The minimum Gasteiger partial charge on any atom is -0.486 e. The van der Waals surface area contributed by atoms with Gasteiger partial charge in [0.15, 0.2) is 11.5 Å². The monoisotopic (exact) mass is 472 g/mol. The van der Waals surface area contributed by atoms with E-state index in [-0.39, 0.29) is 24.2 Å². The number of amides is 1. The summed E-state index contributed by atoms with van der Waals surface area (Å²) in [7, 11) is -3.99. The summed E-state index contributed by atoms with van der Waals surface area (Å²) in [6, 6.07) is 21.6. The number of halogens is 1. The van der Waals surface area contributed by atoms with E-state index in [1.54, 1.807) is 48.5 Å². The molecule has 166 valence electrons. The molecule has 7 nitrogen and oxygen atoms in total. The van der Waals surface area contributed by atoms with E-state index in [4.69, 9.17) is 21.1 Å². The van der Waals surface area contributed by atoms with Gasteiger partial charge in [-0.1, -0.05) is 48.0 Å². The van der Waals surface area contributed by atoms with Crippen LogP contribution in [0.3, 0.4) is 0 Å². The van der Waals surface area contributed by atoms with Gasteiger partial charge in [-0.25, -0.2) is 8.42 Å². The van der Waals surface area contributed by atoms with E-state index in [9.17, 15) is 13.2 Å². The Bertz CT molecular complexity index is 1200. The lowest BCUT2D eigenvalue weighted by Crippen LogP contribution is -2.45. The molecule has 1 aliphatic rings. The molecule has 1 heterocycles. The fourth-order valence-electron chi connectivity index (χ4n) is 3.24. The lowest BCUT2D eigenvalue weighted by atomic mass is 10.2. The maximum Gasteiger partial charge on any atom is 0.264 e. The highest BCUT2D eigenvalue weighted by atomic mass is 35.5. The summed E-state index contributed by atoms with van der Waals surface area (Å²) >= 11 is 6.07. The zero-order chi connectivity index (χ0) is 22.6. The molecule has 0 spiro atoms. The molecule has 0 aliphatic carbocycles. The predicted octanol–water partition coefficient (Wildman–Crippen LogP) is 3.49. The number of nitrogens with zero attached hydrogens (tertiary/aromatic N) is 1. The number of anilines is 1. The van der Waals surface area contributed by atoms with Crippen LogP contribution < -0.4 is 19.1 Å². The third-order valence-electron chi connectivity index (χ3n) is 4.81. The van der Waals surface area contributed by atoms with Crippen LogP contribution in [0.4, 0.5) is 5.69 Å². The van der Waals surface area contributed by atoms with Crippen molar-refractivity contribution >= 4 is 33.2 Å². The Morgan fingerprint density at radius 3 is 2.47 bits per heavy atom. The third kappa shape index (κ3) is 4.98. The number of carbonyl (C=O) groups excluding carboxylic acids is 1. The highest BCUT2D eigenvalue weighted by Gasteiger charge is 2.28. The van der Waals surface area contributed by atoms with Crippen LogP contribution in [0.25, 0.3) is 0 Å². The van der Waals surface area contributed by atoms with Gasteiger partial charge >= 0.3 is 0 Å². The average molecular weight is 473 g/mol. The van der Waals surface area contributed by atoms with Crippen LogP contribution in [0.5, 0.6) is 11.5 Å². The predicted molar refractivity (Wildman–Crippen MR) is 122 cm³/mol. The van der Waals surface area contributed by atoms with Crippen LogP contribution in [0, 0.1) is 0 Å². The van der Waals surface area contributed by atoms with Crippen LogP contribution >= 0.6 is 11.6 Å². The molecule has 32 heavy (non-hydrogen) atoms. The fraction of sp³-hybridized carbons (Fsp3) is 0.174. The number of sulfonamides is 1. The number of hydrogen-bond donors (Lipinski definition) is 1. The fourth-order valence-corrected chi connectivity index (χ4v) is 4.86. The highest BCUT2D eigenvalue weighted by Crippen LogP contribution is 2.30. The van der Waals surface area contributed by atoms with Crippen LogP contribution in [-0.2, 0) is 14.8 Å². The largest absolute Gasteiger partial charge is 0.486 e. The Balaban J connectivity index is 1.48. The molecule has 0 aromatic heterocycles. The first-order valence-corrected chi connectivity index (χ1v) is 11.7. The Kier molecular flexibility index (Phi) is 6.53. The number of para-hydroxylation sites is 2. The Morgan fingerprint density at radius 2 is 1.72 bits per heavy atom. The van der Waals surface area contributed by atoms with Crippen LogP contribution in [0.2, 0.25) is 5.02 Å². The number of carbonyl (C=O) groups is 1. The summed E-state index contributed by atoms with van der Waals surface area (Å²) in [5, 5.41) is 3.10. The molecular weight excluding hydrogens is 452 g/mol. The van der Waals surface area contributed by atoms with Gasteiger partial charge in [0.1, 0.15) is 19.3 Å². The van der Waals surface area contributed by atoms with Crippen molar-refractivity contribution in [3.05, 3.63) is 83.9 Å². The normalized spacial score (nSPS) is 15.1. The molecule has 9 heteroatoms. The van der Waals surface area contributed by atoms with E-state index in [1.807, 2.05) is 12.1 Å². The van der Waals surface area contributed by atoms with Crippen molar-refractivity contribution < 1.29 is 22.7 Å². The maximum atomic E-state index is 13.3. The molecule has 1 amide bonds. The lowest BCUT2D eigenvalue weighted by Gasteiger charge is -2.27. The molecule has 0 bridgehead atoms. The molecule has 3 aromatic carbocycles. The van der Waals surface area contributed by atoms with Gasteiger partial charge in [-0.05, 0) is 42.5 Å². The molecular formula is C23H21ClN2O5S. The molecule has 0 saturated heterocycles. The quantitative estimate of drug-likeness (QED) is 0.569. The summed E-state index contributed by atoms with van der Waals surface area (Å²) < 4.78 is 39.1. The summed E-state index contributed by atoms with van der Waals surface area (Å²) in [4.78, 5) is 12.8. The highest BCUT2D eigenvalue weighted by molar-refractivity contribution is 7.92. The summed E-state index contributed by atoms with van der Waals surface area (Å²) in [5.41, 5.74) is 0.294. The molecule has 0 radical (unpaired) electrons. The molecule has 1 unspecified atom stereocenters. The first kappa shape index (κ1) is 22.0. The van der Waals surface area contributed by atoms with E-state index in [0.29, 0.717) is 22.2 Å². The van der Waals surface area contributed by atoms with Crippen molar-refractivity contribution in [3.63, 3.8) is 0 Å². The molecule has 1 aliphatic heterocycles. The number of nitrogens with one attached hydrogen (secondary N) is 1. The maximum absolute atomic E-state index is 13.3. The molecule has 3 aromatic rings. The van der Waals surface area contributed by atoms with Crippen molar-refractivity contribution in [3.8, 4) is 11.5 Å². The first-order chi connectivity index (χ1) is 15.4. The zero-order valence-corrected chi connectivity index (χ0v) is 18.6. The topological polar surface area (TPSA) is 84.9 Å². The van der Waals surface area contributed by atoms with Gasteiger partial charge in [0.05, 0.1) is 17.1 Å². The van der Waals surface area contributed by atoms with E-state index in [2.05, 4.69) is 5.32 Å². The van der Waals surface area contributed by atoms with Gasteiger partial charge < -0.3 is 14.8 Å². The lowest BCUT2D eigenvalue weighted by molar-refractivity contribution is -0.120. The smallest absolute Gasteiger partial charge is 0.264 e. The number of rotatable bonds is 7. The number of fused-ring (bicyclic) bond motifs is 1. The van der Waals surface area contributed by atoms with Crippen LogP contribution in [0.15, 0.2) is 83.8 Å². The zero-order valence-electron chi connectivity index (χ0n) is 17.0. The third-order valence-corrected chi connectivity index (χ3v) is 6.83. The molecule has 4 rings (SSSR count). The molecule has 1 atom stereocenters. The second-order valence-corrected chi connectivity index (χ2v) is 9.41. The van der Waals surface area contributed by atoms with E-state index in [0.717, 1.165) is 4.31 Å².